The summed E-state index contributed by atoms with van der Waals surface area (Å²) < 4.78 is 6.61. The van der Waals surface area contributed by atoms with E-state index in [0.717, 1.165) is 43.4 Å². The number of aromatic nitrogens is 1. The average molecular weight is 538 g/mol. The second-order valence-electron chi connectivity index (χ2n) is 11.2. The number of ether oxygens (including phenoxy) is 1. The Bertz CT molecular complexity index is 1090. The number of hydrogen-bond acceptors (Lipinski definition) is 6. The number of amides is 3. The molecule has 1 aliphatic heterocycles. The van der Waals surface area contributed by atoms with Crippen molar-refractivity contribution in [2.24, 2.45) is 5.92 Å². The fourth-order valence-electron chi connectivity index (χ4n) is 5.50. The standard InChI is InChI=1S/C30H43N5O4/c1-21-17-35(22(2)20-36)29(37)16-24-15-26(33-30(38)32-25-7-5-4-6-8-25)9-10-27(24)39-28(21)19-34(3)18-23-11-13-31-14-12-23/h9-15,21-22,25,28,36H,4-8,16-20H2,1-3H3,(H2,32,33,38)/t21-,22-,28+/m1/s1. The molecule has 1 aromatic carbocycles. The van der Waals surface area contributed by atoms with Crippen LogP contribution in [0, 0.1) is 5.92 Å². The van der Waals surface area contributed by atoms with Crippen molar-refractivity contribution in [3.63, 3.8) is 0 Å². The molecule has 1 saturated carbocycles. The Morgan fingerprint density at radius 1 is 1.21 bits per heavy atom. The smallest absolute Gasteiger partial charge is 0.319 e. The molecule has 9 nitrogen and oxygen atoms in total. The maximum absolute atomic E-state index is 13.4. The first-order chi connectivity index (χ1) is 18.8. The molecule has 3 amide bonds. The van der Waals surface area contributed by atoms with Gasteiger partial charge in [-0.15, -0.1) is 0 Å². The Morgan fingerprint density at radius 3 is 2.67 bits per heavy atom. The molecule has 3 atom stereocenters. The van der Waals surface area contributed by atoms with E-state index in [1.807, 2.05) is 37.3 Å². The molecule has 2 aromatic rings. The van der Waals surface area contributed by atoms with Gasteiger partial charge in [-0.2, -0.15) is 0 Å². The molecule has 1 aliphatic carbocycles. The van der Waals surface area contributed by atoms with Crippen LogP contribution in [0.25, 0.3) is 0 Å². The van der Waals surface area contributed by atoms with Gasteiger partial charge in [0, 0.05) is 55.2 Å². The summed E-state index contributed by atoms with van der Waals surface area (Å²) in [7, 11) is 2.06. The third-order valence-electron chi connectivity index (χ3n) is 7.81. The first kappa shape index (κ1) is 28.8. The summed E-state index contributed by atoms with van der Waals surface area (Å²) in [5, 5.41) is 15.9. The van der Waals surface area contributed by atoms with Crippen molar-refractivity contribution >= 4 is 17.6 Å². The molecule has 0 radical (unpaired) electrons. The van der Waals surface area contributed by atoms with Crippen molar-refractivity contribution < 1.29 is 19.4 Å². The highest BCUT2D eigenvalue weighted by molar-refractivity contribution is 5.90. The molecule has 39 heavy (non-hydrogen) atoms. The molecule has 2 aliphatic rings. The Kier molecular flexibility index (Phi) is 10.2. The van der Waals surface area contributed by atoms with E-state index < -0.39 is 0 Å². The van der Waals surface area contributed by atoms with Gasteiger partial charge in [-0.1, -0.05) is 26.2 Å². The van der Waals surface area contributed by atoms with E-state index in [4.69, 9.17) is 4.74 Å². The van der Waals surface area contributed by atoms with Crippen molar-refractivity contribution in [3.05, 3.63) is 53.9 Å². The van der Waals surface area contributed by atoms with Gasteiger partial charge in [0.25, 0.3) is 0 Å². The van der Waals surface area contributed by atoms with Crippen LogP contribution in [0.3, 0.4) is 0 Å². The Balaban J connectivity index is 1.53. The van der Waals surface area contributed by atoms with Gasteiger partial charge in [-0.3, -0.25) is 14.7 Å². The molecule has 4 rings (SSSR count). The molecule has 212 valence electrons. The van der Waals surface area contributed by atoms with Gasteiger partial charge in [0.2, 0.25) is 5.91 Å². The minimum Gasteiger partial charge on any atom is -0.488 e. The van der Waals surface area contributed by atoms with E-state index in [-0.39, 0.29) is 49.1 Å². The zero-order valence-corrected chi connectivity index (χ0v) is 23.4. The summed E-state index contributed by atoms with van der Waals surface area (Å²) in [5.41, 5.74) is 2.51. The summed E-state index contributed by atoms with van der Waals surface area (Å²) in [6.07, 6.45) is 9.05. The molecule has 2 heterocycles. The van der Waals surface area contributed by atoms with Crippen LogP contribution in [0.15, 0.2) is 42.7 Å². The normalized spacial score (nSPS) is 21.3. The van der Waals surface area contributed by atoms with Crippen LogP contribution < -0.4 is 15.4 Å². The van der Waals surface area contributed by atoms with E-state index >= 15 is 0 Å². The quantitative estimate of drug-likeness (QED) is 0.473. The van der Waals surface area contributed by atoms with Gasteiger partial charge in [0.1, 0.15) is 11.9 Å². The second kappa shape index (κ2) is 13.8. The van der Waals surface area contributed by atoms with Crippen LogP contribution in [-0.4, -0.2) is 76.8 Å². The lowest BCUT2D eigenvalue weighted by molar-refractivity contribution is -0.134. The van der Waals surface area contributed by atoms with Crippen LogP contribution in [0.5, 0.6) is 5.75 Å². The number of aliphatic hydroxyl groups excluding tert-OH is 1. The van der Waals surface area contributed by atoms with Crippen LogP contribution in [-0.2, 0) is 17.8 Å². The molecule has 0 unspecified atom stereocenters. The maximum Gasteiger partial charge on any atom is 0.319 e. The van der Waals surface area contributed by atoms with E-state index in [2.05, 4.69) is 34.5 Å². The fraction of sp³-hybridized carbons (Fsp3) is 0.567. The Labute approximate surface area is 231 Å². The van der Waals surface area contributed by atoms with Gasteiger partial charge in [-0.25, -0.2) is 4.79 Å². The van der Waals surface area contributed by atoms with E-state index in [1.165, 1.54) is 6.42 Å². The zero-order valence-electron chi connectivity index (χ0n) is 23.4. The summed E-state index contributed by atoms with van der Waals surface area (Å²) in [6, 6.07) is 9.20. The van der Waals surface area contributed by atoms with Crippen molar-refractivity contribution in [3.8, 4) is 5.75 Å². The lowest BCUT2D eigenvalue weighted by atomic mass is 9.96. The molecule has 1 fully saturated rings. The average Bonchev–Trinajstić information content (AvgIpc) is 2.97. The van der Waals surface area contributed by atoms with Crippen molar-refractivity contribution in [1.29, 1.82) is 0 Å². The highest BCUT2D eigenvalue weighted by Crippen LogP contribution is 2.29. The topological polar surface area (TPSA) is 107 Å². The maximum atomic E-state index is 13.4. The highest BCUT2D eigenvalue weighted by atomic mass is 16.5. The van der Waals surface area contributed by atoms with Crippen molar-refractivity contribution in [2.45, 2.75) is 77.1 Å². The molecular formula is C30H43N5O4. The summed E-state index contributed by atoms with van der Waals surface area (Å²) in [4.78, 5) is 34.2. The molecule has 3 N–H and O–H groups in total. The molecule has 9 heteroatoms. The number of anilines is 1. The number of nitrogens with one attached hydrogen (secondary N) is 2. The number of urea groups is 1. The van der Waals surface area contributed by atoms with Gasteiger partial charge >= 0.3 is 6.03 Å². The van der Waals surface area contributed by atoms with Gasteiger partial charge < -0.3 is 25.4 Å². The predicted molar refractivity (Wildman–Crippen MR) is 152 cm³/mol. The highest BCUT2D eigenvalue weighted by Gasteiger charge is 2.31. The van der Waals surface area contributed by atoms with Gasteiger partial charge in [-0.05, 0) is 62.7 Å². The zero-order chi connectivity index (χ0) is 27.8. The lowest BCUT2D eigenvalue weighted by Gasteiger charge is -2.34. The van der Waals surface area contributed by atoms with E-state index in [9.17, 15) is 14.7 Å². The number of rotatable bonds is 8. The summed E-state index contributed by atoms with van der Waals surface area (Å²) in [6.45, 7) is 5.73. The Hall–Kier alpha value is -3.17. The largest absolute Gasteiger partial charge is 0.488 e. The molecular weight excluding hydrogens is 494 g/mol. The summed E-state index contributed by atoms with van der Waals surface area (Å²) in [5.74, 6) is 0.602. The predicted octanol–water partition coefficient (Wildman–Crippen LogP) is 3.82. The van der Waals surface area contributed by atoms with Crippen LogP contribution in [0.1, 0.15) is 57.1 Å². The number of carbonyl (C=O) groups is 2. The minimum absolute atomic E-state index is 0.0212. The number of hydrogen-bond donors (Lipinski definition) is 3. The third kappa shape index (κ3) is 8.16. The molecule has 0 spiro atoms. The van der Waals surface area contributed by atoms with Gasteiger partial charge in [0.15, 0.2) is 0 Å². The van der Waals surface area contributed by atoms with Crippen LogP contribution in [0.2, 0.25) is 0 Å². The van der Waals surface area contributed by atoms with Crippen LogP contribution in [0.4, 0.5) is 10.5 Å². The first-order valence-corrected chi connectivity index (χ1v) is 14.2. The second-order valence-corrected chi connectivity index (χ2v) is 11.2. The monoisotopic (exact) mass is 537 g/mol. The SMILES string of the molecule is C[C@@H]1CN([C@H](C)CO)C(=O)Cc2cc(NC(=O)NC3CCCCC3)ccc2O[C@H]1CN(C)Cc1ccncc1. The number of fused-ring (bicyclic) bond motifs is 1. The number of carbonyl (C=O) groups excluding carboxylic acids is 2. The van der Waals surface area contributed by atoms with Crippen LogP contribution >= 0.6 is 0 Å². The van der Waals surface area contributed by atoms with E-state index in [1.54, 1.807) is 17.3 Å². The fourth-order valence-corrected chi connectivity index (χ4v) is 5.50. The lowest BCUT2D eigenvalue weighted by Crippen LogP contribution is -2.47. The molecule has 0 saturated heterocycles. The minimum atomic E-state index is -0.306. The number of pyridine rings is 1. The Morgan fingerprint density at radius 2 is 1.95 bits per heavy atom. The van der Waals surface area contributed by atoms with Crippen molar-refractivity contribution in [1.82, 2.24) is 20.1 Å². The number of nitrogens with zero attached hydrogens (tertiary/aromatic N) is 3. The first-order valence-electron chi connectivity index (χ1n) is 14.2. The van der Waals surface area contributed by atoms with Gasteiger partial charge in [0.05, 0.1) is 19.1 Å². The third-order valence-corrected chi connectivity index (χ3v) is 7.81. The molecule has 0 bridgehead atoms. The molecule has 1 aromatic heterocycles. The van der Waals surface area contributed by atoms with Crippen molar-refractivity contribution in [2.75, 3.05) is 32.1 Å². The number of aliphatic hydroxyl groups is 1. The van der Waals surface area contributed by atoms with E-state index in [0.29, 0.717) is 24.5 Å². The number of benzene rings is 1. The number of likely N-dealkylation sites (N-methyl/N-ethyl adjacent to an activating group) is 1. The summed E-state index contributed by atoms with van der Waals surface area (Å²) >= 11 is 0.